The number of nitro groups is 1. The van der Waals surface area contributed by atoms with Crippen molar-refractivity contribution in [1.82, 2.24) is 10.4 Å². The lowest BCUT2D eigenvalue weighted by Crippen LogP contribution is -2.18. The van der Waals surface area contributed by atoms with Crippen molar-refractivity contribution in [2.45, 2.75) is 6.92 Å². The number of hydrogen-bond donors (Lipinski definition) is 1. The summed E-state index contributed by atoms with van der Waals surface area (Å²) in [4.78, 5) is 25.9. The number of rotatable bonds is 5. The van der Waals surface area contributed by atoms with Gasteiger partial charge in [-0.15, -0.1) is 0 Å². The van der Waals surface area contributed by atoms with Crippen molar-refractivity contribution in [3.63, 3.8) is 0 Å². The van der Waals surface area contributed by atoms with Gasteiger partial charge in [0, 0.05) is 30.1 Å². The number of allylic oxidation sites excluding steroid dienone is 1. The van der Waals surface area contributed by atoms with Crippen LogP contribution in [0.5, 0.6) is 0 Å². The van der Waals surface area contributed by atoms with Crippen LogP contribution in [0.25, 0.3) is 6.08 Å². The van der Waals surface area contributed by atoms with Crippen LogP contribution in [-0.2, 0) is 0 Å². The predicted octanol–water partition coefficient (Wildman–Crippen LogP) is 2.81. The lowest BCUT2D eigenvalue weighted by molar-refractivity contribution is -0.384. The molecule has 2 aromatic rings. The molecule has 0 radical (unpaired) electrons. The normalized spacial score (nSPS) is 11.4. The summed E-state index contributed by atoms with van der Waals surface area (Å²) in [6.45, 7) is 1.71. The highest BCUT2D eigenvalue weighted by atomic mass is 16.6. The third kappa shape index (κ3) is 4.85. The average Bonchev–Trinajstić information content (AvgIpc) is 2.58. The van der Waals surface area contributed by atoms with E-state index in [-0.39, 0.29) is 11.6 Å². The predicted molar refractivity (Wildman–Crippen MR) is 86.9 cm³/mol. The van der Waals surface area contributed by atoms with E-state index in [2.05, 4.69) is 15.5 Å². The van der Waals surface area contributed by atoms with Gasteiger partial charge in [0.05, 0.1) is 10.6 Å². The van der Waals surface area contributed by atoms with Gasteiger partial charge in [0.15, 0.2) is 0 Å². The quantitative estimate of drug-likeness (QED) is 0.521. The standard InChI is InChI=1S/C16H14N4O3/c1-12(18-19-16(21)14-7-9-17-10-8-14)5-6-13-3-2-4-15(11-13)20(22)23/h2-11H,1H3,(H,19,21)/b6-5-,18-12?. The molecule has 116 valence electrons. The Labute approximate surface area is 132 Å². The number of benzene rings is 1. The van der Waals surface area contributed by atoms with Crippen LogP contribution in [0, 0.1) is 10.1 Å². The molecule has 0 saturated heterocycles. The lowest BCUT2D eigenvalue weighted by atomic mass is 10.2. The van der Waals surface area contributed by atoms with Gasteiger partial charge in [-0.05, 0) is 30.7 Å². The van der Waals surface area contributed by atoms with Crippen LogP contribution in [-0.4, -0.2) is 21.5 Å². The van der Waals surface area contributed by atoms with Gasteiger partial charge in [0.25, 0.3) is 11.6 Å². The van der Waals surface area contributed by atoms with Gasteiger partial charge < -0.3 is 0 Å². The summed E-state index contributed by atoms with van der Waals surface area (Å²) in [6.07, 6.45) is 6.39. The highest BCUT2D eigenvalue weighted by molar-refractivity contribution is 5.99. The fourth-order valence-corrected chi connectivity index (χ4v) is 1.70. The number of non-ortho nitro benzene ring substituents is 1. The Hall–Kier alpha value is -3.35. The van der Waals surface area contributed by atoms with Crippen LogP contribution >= 0.6 is 0 Å². The number of nitrogens with one attached hydrogen (secondary N) is 1. The molecule has 0 saturated carbocycles. The first-order valence-corrected chi connectivity index (χ1v) is 6.73. The minimum atomic E-state index is -0.451. The van der Waals surface area contributed by atoms with Crippen LogP contribution < -0.4 is 5.43 Å². The van der Waals surface area contributed by atoms with E-state index in [0.717, 1.165) is 0 Å². The van der Waals surface area contributed by atoms with E-state index < -0.39 is 4.92 Å². The van der Waals surface area contributed by atoms with Crippen molar-refractivity contribution in [3.05, 3.63) is 76.1 Å². The third-order valence-electron chi connectivity index (χ3n) is 2.87. The summed E-state index contributed by atoms with van der Waals surface area (Å²) >= 11 is 0. The number of pyridine rings is 1. The van der Waals surface area contributed by atoms with Crippen LogP contribution in [0.2, 0.25) is 0 Å². The molecule has 0 aliphatic rings. The summed E-state index contributed by atoms with van der Waals surface area (Å²) < 4.78 is 0. The Bertz CT molecular complexity index is 770. The smallest absolute Gasteiger partial charge is 0.267 e. The molecule has 0 bridgehead atoms. The molecule has 0 aliphatic heterocycles. The topological polar surface area (TPSA) is 97.5 Å². The fourth-order valence-electron chi connectivity index (χ4n) is 1.70. The SMILES string of the molecule is CC(/C=C\c1cccc([N+](=O)[O-])c1)=NNC(=O)c1ccncc1. The molecular weight excluding hydrogens is 296 g/mol. The van der Waals surface area contributed by atoms with Crippen molar-refractivity contribution in [2.24, 2.45) is 5.10 Å². The van der Waals surface area contributed by atoms with Gasteiger partial charge >= 0.3 is 0 Å². The molecule has 1 aromatic heterocycles. The Morgan fingerprint density at radius 1 is 1.30 bits per heavy atom. The van der Waals surface area contributed by atoms with E-state index in [0.29, 0.717) is 16.8 Å². The summed E-state index contributed by atoms with van der Waals surface area (Å²) in [7, 11) is 0. The molecule has 1 heterocycles. The molecule has 7 heteroatoms. The highest BCUT2D eigenvalue weighted by Crippen LogP contribution is 2.14. The third-order valence-corrected chi connectivity index (χ3v) is 2.87. The molecule has 0 spiro atoms. The molecule has 0 atom stereocenters. The summed E-state index contributed by atoms with van der Waals surface area (Å²) in [5.74, 6) is -0.338. The first-order chi connectivity index (χ1) is 11.1. The molecule has 1 amide bonds. The number of carbonyl (C=O) groups excluding carboxylic acids is 1. The first-order valence-electron chi connectivity index (χ1n) is 6.73. The van der Waals surface area contributed by atoms with E-state index in [1.54, 1.807) is 43.3 Å². The van der Waals surface area contributed by atoms with Crippen molar-refractivity contribution in [3.8, 4) is 0 Å². The van der Waals surface area contributed by atoms with Crippen LogP contribution in [0.15, 0.2) is 60.0 Å². The minimum Gasteiger partial charge on any atom is -0.267 e. The number of amides is 1. The molecule has 2 rings (SSSR count). The number of aromatic nitrogens is 1. The number of nitro benzene ring substituents is 1. The molecule has 7 nitrogen and oxygen atoms in total. The fraction of sp³-hybridized carbons (Fsp3) is 0.0625. The molecule has 1 N–H and O–H groups in total. The van der Waals surface area contributed by atoms with Crippen LogP contribution in [0.1, 0.15) is 22.8 Å². The van der Waals surface area contributed by atoms with Crippen molar-refractivity contribution < 1.29 is 9.72 Å². The Morgan fingerprint density at radius 2 is 2.04 bits per heavy atom. The Balaban J connectivity index is 2.00. The monoisotopic (exact) mass is 310 g/mol. The zero-order chi connectivity index (χ0) is 16.7. The van der Waals surface area contributed by atoms with E-state index in [1.807, 2.05) is 0 Å². The van der Waals surface area contributed by atoms with E-state index in [9.17, 15) is 14.9 Å². The van der Waals surface area contributed by atoms with Gasteiger partial charge in [-0.2, -0.15) is 5.10 Å². The van der Waals surface area contributed by atoms with Crippen molar-refractivity contribution in [1.29, 1.82) is 0 Å². The lowest BCUT2D eigenvalue weighted by Gasteiger charge is -1.99. The zero-order valence-electron chi connectivity index (χ0n) is 12.3. The van der Waals surface area contributed by atoms with Gasteiger partial charge in [0.2, 0.25) is 0 Å². The highest BCUT2D eigenvalue weighted by Gasteiger charge is 2.04. The Kier molecular flexibility index (Phi) is 5.30. The minimum absolute atomic E-state index is 0.0210. The van der Waals surface area contributed by atoms with Gasteiger partial charge in [-0.1, -0.05) is 18.2 Å². The summed E-state index contributed by atoms with van der Waals surface area (Å²) in [5.41, 5.74) is 4.13. The number of hydrazone groups is 1. The maximum absolute atomic E-state index is 11.8. The van der Waals surface area contributed by atoms with E-state index in [1.165, 1.54) is 24.5 Å². The number of carbonyl (C=O) groups is 1. The first kappa shape index (κ1) is 16.0. The molecule has 0 fully saturated rings. The maximum atomic E-state index is 11.8. The summed E-state index contributed by atoms with van der Waals surface area (Å²) in [5, 5.41) is 14.7. The molecule has 23 heavy (non-hydrogen) atoms. The maximum Gasteiger partial charge on any atom is 0.271 e. The van der Waals surface area contributed by atoms with Gasteiger partial charge in [-0.3, -0.25) is 19.9 Å². The van der Waals surface area contributed by atoms with Crippen LogP contribution in [0.4, 0.5) is 5.69 Å². The van der Waals surface area contributed by atoms with Crippen LogP contribution in [0.3, 0.4) is 0 Å². The second-order valence-corrected chi connectivity index (χ2v) is 4.62. The van der Waals surface area contributed by atoms with Gasteiger partial charge in [-0.25, -0.2) is 5.43 Å². The second kappa shape index (κ2) is 7.60. The molecule has 1 aromatic carbocycles. The Morgan fingerprint density at radius 3 is 2.74 bits per heavy atom. The van der Waals surface area contributed by atoms with E-state index >= 15 is 0 Å². The number of hydrogen-bond acceptors (Lipinski definition) is 5. The van der Waals surface area contributed by atoms with Gasteiger partial charge in [0.1, 0.15) is 0 Å². The van der Waals surface area contributed by atoms with Crippen molar-refractivity contribution in [2.75, 3.05) is 0 Å². The largest absolute Gasteiger partial charge is 0.271 e. The number of nitrogens with zero attached hydrogens (tertiary/aromatic N) is 3. The second-order valence-electron chi connectivity index (χ2n) is 4.62. The summed E-state index contributed by atoms with van der Waals surface area (Å²) in [6, 6.07) is 9.40. The molecular formula is C16H14N4O3. The zero-order valence-corrected chi connectivity index (χ0v) is 12.3. The molecule has 0 aliphatic carbocycles. The molecule has 0 unspecified atom stereocenters. The van der Waals surface area contributed by atoms with Crippen molar-refractivity contribution >= 4 is 23.4 Å². The van der Waals surface area contributed by atoms with E-state index in [4.69, 9.17) is 0 Å². The average molecular weight is 310 g/mol.